The smallest absolute Gasteiger partial charge is 0.246 e. The van der Waals surface area contributed by atoms with Gasteiger partial charge < -0.3 is 15.4 Å². The van der Waals surface area contributed by atoms with Gasteiger partial charge in [-0.25, -0.2) is 12.8 Å². The summed E-state index contributed by atoms with van der Waals surface area (Å²) in [6, 6.07) is 3.99. The van der Waals surface area contributed by atoms with Crippen molar-refractivity contribution in [2.45, 2.75) is 23.8 Å². The number of amides is 1. The standard InChI is InChI=1S/C15H20FN3O4S/c16-13-4-3-12(17-10-15(20)18-11-1-2-11)9-14(13)24(21,22)19-5-7-23-8-6-19/h3-4,9,11,17H,1-2,5-8,10H2,(H,18,20). The van der Waals surface area contributed by atoms with Crippen LogP contribution in [0.4, 0.5) is 10.1 Å². The molecule has 1 aliphatic heterocycles. The van der Waals surface area contributed by atoms with Gasteiger partial charge in [-0.2, -0.15) is 4.31 Å². The summed E-state index contributed by atoms with van der Waals surface area (Å²) >= 11 is 0. The van der Waals surface area contributed by atoms with Crippen LogP contribution in [0.1, 0.15) is 12.8 Å². The lowest BCUT2D eigenvalue weighted by Crippen LogP contribution is -2.40. The van der Waals surface area contributed by atoms with Crippen molar-refractivity contribution in [3.63, 3.8) is 0 Å². The number of nitrogens with zero attached hydrogens (tertiary/aromatic N) is 1. The summed E-state index contributed by atoms with van der Waals surface area (Å²) in [6.07, 6.45) is 1.98. The highest BCUT2D eigenvalue weighted by Gasteiger charge is 2.29. The summed E-state index contributed by atoms with van der Waals surface area (Å²) in [5.41, 5.74) is 0.384. The van der Waals surface area contributed by atoms with Crippen molar-refractivity contribution in [2.24, 2.45) is 0 Å². The molecule has 0 aromatic heterocycles. The topological polar surface area (TPSA) is 87.7 Å². The second-order valence-electron chi connectivity index (χ2n) is 5.86. The lowest BCUT2D eigenvalue weighted by atomic mass is 10.3. The first-order chi connectivity index (χ1) is 11.5. The molecule has 0 unspecified atom stereocenters. The minimum atomic E-state index is -3.92. The van der Waals surface area contributed by atoms with Crippen molar-refractivity contribution < 1.29 is 22.3 Å². The fourth-order valence-corrected chi connectivity index (χ4v) is 3.92. The van der Waals surface area contributed by atoms with E-state index in [9.17, 15) is 17.6 Å². The van der Waals surface area contributed by atoms with Crippen LogP contribution < -0.4 is 10.6 Å². The van der Waals surface area contributed by atoms with E-state index in [1.807, 2.05) is 0 Å². The van der Waals surface area contributed by atoms with Gasteiger partial charge in [-0.15, -0.1) is 0 Å². The molecule has 0 atom stereocenters. The van der Waals surface area contributed by atoms with E-state index in [1.54, 1.807) is 0 Å². The van der Waals surface area contributed by atoms with Crippen LogP contribution in [0.3, 0.4) is 0 Å². The number of carbonyl (C=O) groups is 1. The highest BCUT2D eigenvalue weighted by molar-refractivity contribution is 7.89. The van der Waals surface area contributed by atoms with Crippen LogP contribution in [-0.2, 0) is 19.6 Å². The number of nitrogens with one attached hydrogen (secondary N) is 2. The molecule has 2 aliphatic rings. The molecule has 1 saturated carbocycles. The average Bonchev–Trinajstić information content (AvgIpc) is 3.38. The number of rotatable bonds is 6. The Labute approximate surface area is 140 Å². The fraction of sp³-hybridized carbons (Fsp3) is 0.533. The Kier molecular flexibility index (Phi) is 5.02. The number of ether oxygens (including phenoxy) is 1. The molecule has 1 heterocycles. The van der Waals surface area contributed by atoms with Gasteiger partial charge in [0.15, 0.2) is 0 Å². The van der Waals surface area contributed by atoms with Gasteiger partial charge in [0.05, 0.1) is 19.8 Å². The fourth-order valence-electron chi connectivity index (χ4n) is 2.43. The van der Waals surface area contributed by atoms with Crippen LogP contribution in [0.15, 0.2) is 23.1 Å². The Bertz CT molecular complexity index is 715. The van der Waals surface area contributed by atoms with Gasteiger partial charge in [-0.3, -0.25) is 4.79 Å². The van der Waals surface area contributed by atoms with Gasteiger partial charge in [0.1, 0.15) is 10.7 Å². The Hall–Kier alpha value is -1.71. The largest absolute Gasteiger partial charge is 0.379 e. The first-order valence-electron chi connectivity index (χ1n) is 7.87. The van der Waals surface area contributed by atoms with Gasteiger partial charge in [0.25, 0.3) is 0 Å². The van der Waals surface area contributed by atoms with E-state index < -0.39 is 20.7 Å². The van der Waals surface area contributed by atoms with E-state index in [0.29, 0.717) is 18.9 Å². The molecule has 1 saturated heterocycles. The number of hydrogen-bond acceptors (Lipinski definition) is 5. The number of carbonyl (C=O) groups excluding carboxylic acids is 1. The van der Waals surface area contributed by atoms with Gasteiger partial charge in [-0.1, -0.05) is 0 Å². The van der Waals surface area contributed by atoms with Gasteiger partial charge >= 0.3 is 0 Å². The molecule has 1 amide bonds. The van der Waals surface area contributed by atoms with E-state index in [0.717, 1.165) is 18.9 Å². The van der Waals surface area contributed by atoms with Crippen molar-refractivity contribution in [1.29, 1.82) is 0 Å². The number of benzene rings is 1. The molecule has 1 aliphatic carbocycles. The molecule has 9 heteroatoms. The third kappa shape index (κ3) is 4.03. The van der Waals surface area contributed by atoms with Crippen LogP contribution in [0.2, 0.25) is 0 Å². The van der Waals surface area contributed by atoms with Crippen LogP contribution >= 0.6 is 0 Å². The molecular weight excluding hydrogens is 337 g/mol. The zero-order chi connectivity index (χ0) is 17.2. The third-order valence-corrected chi connectivity index (χ3v) is 5.83. The Morgan fingerprint density at radius 2 is 2.00 bits per heavy atom. The summed E-state index contributed by atoms with van der Waals surface area (Å²) in [7, 11) is -3.92. The maximum Gasteiger partial charge on any atom is 0.246 e. The molecule has 24 heavy (non-hydrogen) atoms. The normalized spacial score (nSPS) is 19.0. The van der Waals surface area contributed by atoms with E-state index >= 15 is 0 Å². The Morgan fingerprint density at radius 3 is 2.67 bits per heavy atom. The summed E-state index contributed by atoms with van der Waals surface area (Å²) in [5.74, 6) is -0.978. The second kappa shape index (κ2) is 7.04. The first-order valence-corrected chi connectivity index (χ1v) is 9.31. The number of hydrogen-bond donors (Lipinski definition) is 2. The van der Waals surface area contributed by atoms with Gasteiger partial charge in [0.2, 0.25) is 15.9 Å². The Morgan fingerprint density at radius 1 is 1.29 bits per heavy atom. The number of morpholine rings is 1. The van der Waals surface area contributed by atoms with Crippen LogP contribution in [-0.4, -0.2) is 57.5 Å². The van der Waals surface area contributed by atoms with E-state index in [4.69, 9.17) is 4.74 Å². The van der Waals surface area contributed by atoms with Crippen LogP contribution in [0.5, 0.6) is 0 Å². The zero-order valence-corrected chi connectivity index (χ0v) is 13.9. The van der Waals surface area contributed by atoms with E-state index in [1.165, 1.54) is 16.4 Å². The predicted molar refractivity (Wildman–Crippen MR) is 85.6 cm³/mol. The average molecular weight is 357 g/mol. The Balaban J connectivity index is 1.71. The summed E-state index contributed by atoms with van der Waals surface area (Å²) in [6.45, 7) is 0.992. The number of sulfonamides is 1. The maximum absolute atomic E-state index is 14.1. The highest BCUT2D eigenvalue weighted by Crippen LogP contribution is 2.24. The van der Waals surface area contributed by atoms with Crippen molar-refractivity contribution in [3.05, 3.63) is 24.0 Å². The lowest BCUT2D eigenvalue weighted by molar-refractivity contribution is -0.119. The molecule has 1 aromatic rings. The van der Waals surface area contributed by atoms with Gasteiger partial charge in [-0.05, 0) is 31.0 Å². The van der Waals surface area contributed by atoms with Crippen molar-refractivity contribution in [3.8, 4) is 0 Å². The summed E-state index contributed by atoms with van der Waals surface area (Å²) in [4.78, 5) is 11.3. The molecular formula is C15H20FN3O4S. The highest BCUT2D eigenvalue weighted by atomic mass is 32.2. The molecule has 132 valence electrons. The predicted octanol–water partition coefficient (Wildman–Crippen LogP) is 0.537. The minimum absolute atomic E-state index is 0.0131. The summed E-state index contributed by atoms with van der Waals surface area (Å²) in [5, 5.41) is 5.65. The van der Waals surface area contributed by atoms with E-state index in [2.05, 4.69) is 10.6 Å². The van der Waals surface area contributed by atoms with Gasteiger partial charge in [0, 0.05) is 24.8 Å². The molecule has 0 radical (unpaired) electrons. The lowest BCUT2D eigenvalue weighted by Gasteiger charge is -2.26. The second-order valence-corrected chi connectivity index (χ2v) is 7.76. The number of anilines is 1. The quantitative estimate of drug-likeness (QED) is 0.776. The molecule has 1 aromatic carbocycles. The zero-order valence-electron chi connectivity index (χ0n) is 13.1. The van der Waals surface area contributed by atoms with Crippen LogP contribution in [0.25, 0.3) is 0 Å². The van der Waals surface area contributed by atoms with Crippen LogP contribution in [0, 0.1) is 5.82 Å². The molecule has 7 nitrogen and oxygen atoms in total. The molecule has 3 rings (SSSR count). The molecule has 0 bridgehead atoms. The van der Waals surface area contributed by atoms with Crippen molar-refractivity contribution in [1.82, 2.24) is 9.62 Å². The summed E-state index contributed by atoms with van der Waals surface area (Å²) < 4.78 is 45.5. The van der Waals surface area contributed by atoms with Crippen molar-refractivity contribution >= 4 is 21.6 Å². The molecule has 0 spiro atoms. The minimum Gasteiger partial charge on any atom is -0.379 e. The maximum atomic E-state index is 14.1. The number of halogens is 1. The molecule has 2 fully saturated rings. The van der Waals surface area contributed by atoms with Crippen molar-refractivity contribution in [2.75, 3.05) is 38.2 Å². The SMILES string of the molecule is O=C(CNc1ccc(F)c(S(=O)(=O)N2CCOCC2)c1)NC1CC1. The third-order valence-electron chi connectivity index (χ3n) is 3.91. The monoisotopic (exact) mass is 357 g/mol. The molecule has 2 N–H and O–H groups in total. The van der Waals surface area contributed by atoms with E-state index in [-0.39, 0.29) is 31.6 Å². The first kappa shape index (κ1) is 17.1.